The highest BCUT2D eigenvalue weighted by Gasteiger charge is 2.17. The lowest BCUT2D eigenvalue weighted by Gasteiger charge is -2.14. The highest BCUT2D eigenvalue weighted by molar-refractivity contribution is 7.09. The van der Waals surface area contributed by atoms with Crippen LogP contribution in [0.1, 0.15) is 10.4 Å². The van der Waals surface area contributed by atoms with Crippen LogP contribution >= 0.6 is 11.3 Å². The number of aryl methyl sites for hydroxylation is 1. The molecule has 7 nitrogen and oxygen atoms in total. The lowest BCUT2D eigenvalue weighted by Crippen LogP contribution is -2.42. The SMILES string of the molecule is Cc1ccccc1NC(=O)Cn1c(=O)n(Cc2cccs2)c(=O)c2ncccc21. The lowest BCUT2D eigenvalue weighted by atomic mass is 10.2. The molecule has 146 valence electrons. The van der Waals surface area contributed by atoms with Crippen molar-refractivity contribution in [2.24, 2.45) is 0 Å². The van der Waals surface area contributed by atoms with E-state index in [9.17, 15) is 14.4 Å². The molecule has 0 aliphatic carbocycles. The number of nitrogens with zero attached hydrogens (tertiary/aromatic N) is 3. The van der Waals surface area contributed by atoms with E-state index in [4.69, 9.17) is 0 Å². The number of rotatable bonds is 5. The summed E-state index contributed by atoms with van der Waals surface area (Å²) in [6.45, 7) is 1.81. The Hall–Kier alpha value is -3.52. The van der Waals surface area contributed by atoms with Crippen molar-refractivity contribution in [1.82, 2.24) is 14.1 Å². The molecule has 3 aromatic heterocycles. The Balaban J connectivity index is 1.77. The van der Waals surface area contributed by atoms with Gasteiger partial charge in [-0.25, -0.2) is 9.78 Å². The first-order valence-electron chi connectivity index (χ1n) is 9.01. The van der Waals surface area contributed by atoms with Gasteiger partial charge in [0.15, 0.2) is 5.52 Å². The Morgan fingerprint density at radius 2 is 1.90 bits per heavy atom. The van der Waals surface area contributed by atoms with Gasteiger partial charge in [-0.3, -0.25) is 18.7 Å². The molecule has 0 spiro atoms. The summed E-state index contributed by atoms with van der Waals surface area (Å²) in [5.74, 6) is -0.354. The molecule has 8 heteroatoms. The summed E-state index contributed by atoms with van der Waals surface area (Å²) in [7, 11) is 0. The van der Waals surface area contributed by atoms with Crippen molar-refractivity contribution >= 4 is 34.0 Å². The quantitative estimate of drug-likeness (QED) is 0.552. The van der Waals surface area contributed by atoms with E-state index < -0.39 is 11.2 Å². The number of anilines is 1. The molecule has 0 bridgehead atoms. The highest BCUT2D eigenvalue weighted by Crippen LogP contribution is 2.14. The Morgan fingerprint density at radius 3 is 2.66 bits per heavy atom. The number of hydrogen-bond acceptors (Lipinski definition) is 5. The second kappa shape index (κ2) is 7.84. The van der Waals surface area contributed by atoms with Crippen molar-refractivity contribution in [3.8, 4) is 0 Å². The summed E-state index contributed by atoms with van der Waals surface area (Å²) in [6, 6.07) is 14.4. The average Bonchev–Trinajstić information content (AvgIpc) is 3.23. The number of pyridine rings is 1. The van der Waals surface area contributed by atoms with Crippen molar-refractivity contribution in [3.05, 3.63) is 91.4 Å². The average molecular weight is 406 g/mol. The van der Waals surface area contributed by atoms with Crippen LogP contribution in [0.15, 0.2) is 69.7 Å². The minimum Gasteiger partial charge on any atom is -0.324 e. The summed E-state index contributed by atoms with van der Waals surface area (Å²) in [5.41, 5.74) is 1.10. The lowest BCUT2D eigenvalue weighted by molar-refractivity contribution is -0.116. The fourth-order valence-corrected chi connectivity index (χ4v) is 3.83. The third kappa shape index (κ3) is 3.74. The van der Waals surface area contributed by atoms with Crippen molar-refractivity contribution in [1.29, 1.82) is 0 Å². The van der Waals surface area contributed by atoms with Gasteiger partial charge >= 0.3 is 5.69 Å². The van der Waals surface area contributed by atoms with Gasteiger partial charge in [-0.05, 0) is 42.1 Å². The molecule has 0 atom stereocenters. The third-order valence-corrected chi connectivity index (χ3v) is 5.46. The number of benzene rings is 1. The smallest absolute Gasteiger partial charge is 0.324 e. The molecule has 0 unspecified atom stereocenters. The van der Waals surface area contributed by atoms with Crippen LogP contribution in [0.3, 0.4) is 0 Å². The van der Waals surface area contributed by atoms with Gasteiger partial charge < -0.3 is 5.32 Å². The number of carbonyl (C=O) groups excluding carboxylic acids is 1. The normalized spacial score (nSPS) is 10.9. The van der Waals surface area contributed by atoms with Crippen molar-refractivity contribution in [3.63, 3.8) is 0 Å². The van der Waals surface area contributed by atoms with E-state index in [1.807, 2.05) is 42.6 Å². The predicted molar refractivity (Wildman–Crippen MR) is 113 cm³/mol. The van der Waals surface area contributed by atoms with Crippen LogP contribution in [0.2, 0.25) is 0 Å². The predicted octanol–water partition coefficient (Wildman–Crippen LogP) is 2.62. The zero-order valence-electron chi connectivity index (χ0n) is 15.7. The number of carbonyl (C=O) groups is 1. The van der Waals surface area contributed by atoms with Gasteiger partial charge in [0.25, 0.3) is 5.56 Å². The molecule has 4 rings (SSSR count). The fraction of sp³-hybridized carbons (Fsp3) is 0.143. The molecule has 4 aromatic rings. The van der Waals surface area contributed by atoms with E-state index in [0.717, 1.165) is 15.0 Å². The number of hydrogen-bond donors (Lipinski definition) is 1. The Labute approximate surface area is 169 Å². The molecule has 0 aliphatic heterocycles. The highest BCUT2D eigenvalue weighted by atomic mass is 32.1. The van der Waals surface area contributed by atoms with E-state index in [1.54, 1.807) is 18.2 Å². The molecule has 1 N–H and O–H groups in total. The summed E-state index contributed by atoms with van der Waals surface area (Å²) in [6.07, 6.45) is 1.50. The van der Waals surface area contributed by atoms with Crippen LogP contribution in [-0.4, -0.2) is 20.0 Å². The number of fused-ring (bicyclic) bond motifs is 1. The minimum absolute atomic E-state index is 0.140. The number of amides is 1. The van der Waals surface area contributed by atoms with Crippen LogP contribution in [0.4, 0.5) is 5.69 Å². The van der Waals surface area contributed by atoms with Crippen LogP contribution < -0.4 is 16.6 Å². The standard InChI is InChI=1S/C21H18N4O3S/c1-14-6-2-3-8-16(14)23-18(26)13-24-17-9-4-10-22-19(17)20(27)25(21(24)28)12-15-7-5-11-29-15/h2-11H,12-13H2,1H3,(H,23,26). The summed E-state index contributed by atoms with van der Waals surface area (Å²) < 4.78 is 2.42. The zero-order chi connectivity index (χ0) is 20.4. The first-order valence-corrected chi connectivity index (χ1v) is 9.89. The fourth-order valence-electron chi connectivity index (χ4n) is 3.14. The van der Waals surface area contributed by atoms with E-state index >= 15 is 0 Å². The van der Waals surface area contributed by atoms with Crippen LogP contribution in [-0.2, 0) is 17.9 Å². The van der Waals surface area contributed by atoms with Gasteiger partial charge in [0, 0.05) is 16.8 Å². The molecule has 29 heavy (non-hydrogen) atoms. The molecule has 1 amide bonds. The number of thiophene rings is 1. The number of aromatic nitrogens is 3. The van der Waals surface area contributed by atoms with Crippen molar-refractivity contribution < 1.29 is 4.79 Å². The molecule has 3 heterocycles. The maximum absolute atomic E-state index is 13.1. The van der Waals surface area contributed by atoms with Gasteiger partial charge in [0.2, 0.25) is 5.91 Å². The first kappa shape index (κ1) is 18.8. The molecule has 0 aliphatic rings. The molecule has 0 radical (unpaired) electrons. The molecule has 1 aromatic carbocycles. The number of nitrogens with one attached hydrogen (secondary N) is 1. The van der Waals surface area contributed by atoms with E-state index in [1.165, 1.54) is 22.1 Å². The van der Waals surface area contributed by atoms with Gasteiger partial charge in [-0.2, -0.15) is 0 Å². The van der Waals surface area contributed by atoms with E-state index in [2.05, 4.69) is 10.3 Å². The summed E-state index contributed by atoms with van der Waals surface area (Å²) in [4.78, 5) is 43.6. The van der Waals surface area contributed by atoms with Crippen molar-refractivity contribution in [2.75, 3.05) is 5.32 Å². The Bertz CT molecular complexity index is 1310. The second-order valence-electron chi connectivity index (χ2n) is 6.57. The first-order chi connectivity index (χ1) is 14.0. The topological polar surface area (TPSA) is 86.0 Å². The number of para-hydroxylation sites is 1. The summed E-state index contributed by atoms with van der Waals surface area (Å²) >= 11 is 1.46. The Morgan fingerprint density at radius 1 is 1.07 bits per heavy atom. The van der Waals surface area contributed by atoms with Gasteiger partial charge in [0.05, 0.1) is 12.1 Å². The molecule has 0 fully saturated rings. The van der Waals surface area contributed by atoms with Crippen LogP contribution in [0.5, 0.6) is 0 Å². The minimum atomic E-state index is -0.538. The zero-order valence-corrected chi connectivity index (χ0v) is 16.5. The maximum atomic E-state index is 13.1. The van der Waals surface area contributed by atoms with Gasteiger partial charge in [0.1, 0.15) is 6.54 Å². The molecule has 0 saturated carbocycles. The second-order valence-corrected chi connectivity index (χ2v) is 7.61. The molecular weight excluding hydrogens is 388 g/mol. The largest absolute Gasteiger partial charge is 0.332 e. The molecular formula is C21H18N4O3S. The van der Waals surface area contributed by atoms with Crippen LogP contribution in [0, 0.1) is 6.92 Å². The van der Waals surface area contributed by atoms with Gasteiger partial charge in [-0.15, -0.1) is 11.3 Å². The third-order valence-electron chi connectivity index (χ3n) is 4.60. The molecule has 0 saturated heterocycles. The van der Waals surface area contributed by atoms with E-state index in [0.29, 0.717) is 11.2 Å². The Kier molecular flexibility index (Phi) is 5.09. The maximum Gasteiger partial charge on any atom is 0.332 e. The van der Waals surface area contributed by atoms with Crippen molar-refractivity contribution in [2.45, 2.75) is 20.0 Å². The van der Waals surface area contributed by atoms with E-state index in [-0.39, 0.29) is 24.5 Å². The summed E-state index contributed by atoms with van der Waals surface area (Å²) in [5, 5.41) is 4.71. The van der Waals surface area contributed by atoms with Crippen LogP contribution in [0.25, 0.3) is 11.0 Å². The van der Waals surface area contributed by atoms with Gasteiger partial charge in [-0.1, -0.05) is 24.3 Å². The monoisotopic (exact) mass is 406 g/mol.